The molecule has 0 spiro atoms. The first-order chi connectivity index (χ1) is 9.81. The molecular formula is C12H19F6NaO3S. The van der Waals surface area contributed by atoms with Crippen molar-refractivity contribution in [3.8, 4) is 0 Å². The third kappa shape index (κ3) is 6.72. The third-order valence-electron chi connectivity index (χ3n) is 3.23. The summed E-state index contributed by atoms with van der Waals surface area (Å²) in [6.07, 6.45) is 2.01. The van der Waals surface area contributed by atoms with Gasteiger partial charge in [0.25, 0.3) is 0 Å². The summed E-state index contributed by atoms with van der Waals surface area (Å²) in [5.74, 6) is -11.5. The number of halogens is 6. The maximum atomic E-state index is 13.2. The van der Waals surface area contributed by atoms with Crippen LogP contribution >= 0.6 is 0 Å². The molecule has 0 aliphatic rings. The van der Waals surface area contributed by atoms with E-state index in [9.17, 15) is 39.3 Å². The first-order valence-corrected chi connectivity index (χ1v) is 8.31. The fourth-order valence-corrected chi connectivity index (χ4v) is 2.29. The molecule has 0 heterocycles. The van der Waals surface area contributed by atoms with E-state index in [0.717, 1.165) is 19.3 Å². The zero-order valence-corrected chi connectivity index (χ0v) is 15.9. The van der Waals surface area contributed by atoms with Crippen LogP contribution < -0.4 is 29.6 Å². The van der Waals surface area contributed by atoms with Crippen molar-refractivity contribution in [1.29, 1.82) is 0 Å². The Hall–Kier alpha value is 0.490. The van der Waals surface area contributed by atoms with Crippen LogP contribution in [0.1, 0.15) is 58.3 Å². The van der Waals surface area contributed by atoms with Crippen molar-refractivity contribution >= 4 is 10.1 Å². The van der Waals surface area contributed by atoms with E-state index in [1.54, 1.807) is 0 Å². The summed E-state index contributed by atoms with van der Waals surface area (Å²) < 4.78 is 108. The van der Waals surface area contributed by atoms with Crippen LogP contribution in [0, 0.1) is 0 Å². The second kappa shape index (κ2) is 9.84. The van der Waals surface area contributed by atoms with Gasteiger partial charge in [0.15, 0.2) is 10.1 Å². The Morgan fingerprint density at radius 3 is 1.61 bits per heavy atom. The van der Waals surface area contributed by atoms with Gasteiger partial charge in [0.2, 0.25) is 0 Å². The molecule has 0 fully saturated rings. The number of rotatable bonds is 11. The summed E-state index contributed by atoms with van der Waals surface area (Å²) in [6.45, 7) is 1.97. The summed E-state index contributed by atoms with van der Waals surface area (Å²) >= 11 is 0. The van der Waals surface area contributed by atoms with Gasteiger partial charge in [-0.3, -0.25) is 0 Å². The second-order valence-corrected chi connectivity index (χ2v) is 6.54. The SMILES string of the molecule is CCCCCCCCCC(F)(F)C(F)(F)C(F)(F)S(=O)(=O)[O-].[Na+]. The standard InChI is InChI=1S/C12H20F6O3S.Na/c1-2-3-4-5-6-7-8-9-10(13,14)11(15,16)12(17,18)22(19,20)21;/h2-9H2,1H3,(H,19,20,21);/q;+1/p-1. The Bertz CT molecular complexity index is 442. The summed E-state index contributed by atoms with van der Waals surface area (Å²) in [5, 5.41) is -6.36. The molecule has 0 radical (unpaired) electrons. The van der Waals surface area contributed by atoms with Crippen molar-refractivity contribution in [1.82, 2.24) is 0 Å². The van der Waals surface area contributed by atoms with E-state index < -0.39 is 40.1 Å². The van der Waals surface area contributed by atoms with Gasteiger partial charge >= 0.3 is 46.7 Å². The van der Waals surface area contributed by atoms with Gasteiger partial charge in [0.1, 0.15) is 0 Å². The minimum absolute atomic E-state index is 0. The van der Waals surface area contributed by atoms with Crippen LogP contribution in [0.4, 0.5) is 26.3 Å². The van der Waals surface area contributed by atoms with E-state index >= 15 is 0 Å². The Labute approximate surface area is 154 Å². The maximum Gasteiger partial charge on any atom is 1.00 e. The predicted octanol–water partition coefficient (Wildman–Crippen LogP) is 1.54. The quantitative estimate of drug-likeness (QED) is 0.237. The van der Waals surface area contributed by atoms with E-state index in [-0.39, 0.29) is 36.0 Å². The average molecular weight is 380 g/mol. The Morgan fingerprint density at radius 2 is 1.22 bits per heavy atom. The van der Waals surface area contributed by atoms with Gasteiger partial charge in [0, 0.05) is 6.42 Å². The largest absolute Gasteiger partial charge is 1.00 e. The van der Waals surface area contributed by atoms with Gasteiger partial charge in [-0.15, -0.1) is 0 Å². The smallest absolute Gasteiger partial charge is 0.743 e. The summed E-state index contributed by atoms with van der Waals surface area (Å²) in [4.78, 5) is 0. The molecule has 0 aromatic carbocycles. The molecule has 11 heteroatoms. The molecule has 0 bridgehead atoms. The van der Waals surface area contributed by atoms with Gasteiger partial charge in [0.05, 0.1) is 0 Å². The Kier molecular flexibility index (Phi) is 11.0. The van der Waals surface area contributed by atoms with Crippen LogP contribution in [-0.4, -0.2) is 30.1 Å². The molecule has 0 saturated carbocycles. The minimum atomic E-state index is -6.90. The molecule has 0 aromatic heterocycles. The van der Waals surface area contributed by atoms with Crippen molar-refractivity contribution in [2.45, 2.75) is 75.4 Å². The number of hydrogen-bond acceptors (Lipinski definition) is 3. The summed E-state index contributed by atoms with van der Waals surface area (Å²) in [6, 6.07) is 0. The topological polar surface area (TPSA) is 57.2 Å². The van der Waals surface area contributed by atoms with Crippen LogP contribution in [0.15, 0.2) is 0 Å². The van der Waals surface area contributed by atoms with Gasteiger partial charge < -0.3 is 4.55 Å². The predicted molar refractivity (Wildman–Crippen MR) is 67.1 cm³/mol. The van der Waals surface area contributed by atoms with Gasteiger partial charge in [-0.1, -0.05) is 45.4 Å². The van der Waals surface area contributed by atoms with Gasteiger partial charge in [-0.05, 0) is 6.42 Å². The second-order valence-electron chi connectivity index (χ2n) is 5.12. The molecule has 0 rings (SSSR count). The molecule has 0 saturated heterocycles. The average Bonchev–Trinajstić information content (AvgIpc) is 2.35. The zero-order chi connectivity index (χ0) is 17.7. The Morgan fingerprint density at radius 1 is 0.826 bits per heavy atom. The zero-order valence-electron chi connectivity index (χ0n) is 13.1. The van der Waals surface area contributed by atoms with Crippen LogP contribution in [0.2, 0.25) is 0 Å². The molecule has 0 aliphatic heterocycles. The fourth-order valence-electron chi connectivity index (χ4n) is 1.83. The molecule has 3 nitrogen and oxygen atoms in total. The first-order valence-electron chi connectivity index (χ1n) is 6.90. The van der Waals surface area contributed by atoms with E-state index in [1.165, 1.54) is 0 Å². The van der Waals surface area contributed by atoms with Crippen molar-refractivity contribution in [2.75, 3.05) is 0 Å². The monoisotopic (exact) mass is 380 g/mol. The van der Waals surface area contributed by atoms with Crippen molar-refractivity contribution < 1.29 is 68.9 Å². The van der Waals surface area contributed by atoms with Crippen LogP contribution in [0.5, 0.6) is 0 Å². The summed E-state index contributed by atoms with van der Waals surface area (Å²) in [7, 11) is -6.90. The third-order valence-corrected chi connectivity index (χ3v) is 4.12. The Balaban J connectivity index is 0. The molecule has 0 unspecified atom stereocenters. The minimum Gasteiger partial charge on any atom is -0.743 e. The summed E-state index contributed by atoms with van der Waals surface area (Å²) in [5.41, 5.74) is 0. The van der Waals surface area contributed by atoms with E-state index in [4.69, 9.17) is 0 Å². The van der Waals surface area contributed by atoms with Gasteiger partial charge in [-0.2, -0.15) is 26.3 Å². The molecule has 134 valence electrons. The molecule has 0 atom stereocenters. The van der Waals surface area contributed by atoms with Crippen LogP contribution in [0.3, 0.4) is 0 Å². The number of alkyl halides is 6. The first kappa shape index (κ1) is 25.7. The van der Waals surface area contributed by atoms with E-state index in [0.29, 0.717) is 12.8 Å². The molecule has 0 aromatic rings. The van der Waals surface area contributed by atoms with Crippen LogP contribution in [-0.2, 0) is 10.1 Å². The molecule has 0 aliphatic carbocycles. The van der Waals surface area contributed by atoms with Crippen molar-refractivity contribution in [2.24, 2.45) is 0 Å². The maximum absolute atomic E-state index is 13.2. The van der Waals surface area contributed by atoms with Crippen molar-refractivity contribution in [3.05, 3.63) is 0 Å². The molecular weight excluding hydrogens is 361 g/mol. The fraction of sp³-hybridized carbons (Fsp3) is 1.00. The van der Waals surface area contributed by atoms with E-state index in [1.807, 2.05) is 6.92 Å². The molecule has 0 N–H and O–H groups in total. The van der Waals surface area contributed by atoms with E-state index in [2.05, 4.69) is 0 Å². The normalized spacial score (nSPS) is 13.7. The van der Waals surface area contributed by atoms with Gasteiger partial charge in [-0.25, -0.2) is 8.42 Å². The number of unbranched alkanes of at least 4 members (excludes halogenated alkanes) is 6. The molecule has 0 amide bonds. The van der Waals surface area contributed by atoms with Crippen molar-refractivity contribution in [3.63, 3.8) is 0 Å². The molecule has 23 heavy (non-hydrogen) atoms. The van der Waals surface area contributed by atoms with Crippen LogP contribution in [0.25, 0.3) is 0 Å². The number of hydrogen-bond donors (Lipinski definition) is 0.